The number of nitrogens with one attached hydrogen (secondary N) is 2. The van der Waals surface area contributed by atoms with Gasteiger partial charge in [0.25, 0.3) is 0 Å². The monoisotopic (exact) mass is 416 g/mol. The predicted molar refractivity (Wildman–Crippen MR) is 115 cm³/mol. The lowest BCUT2D eigenvalue weighted by Crippen LogP contribution is -2.55. The van der Waals surface area contributed by atoms with Gasteiger partial charge in [-0.05, 0) is 37.0 Å². The SMILES string of the molecule is COc1cc(S(C)(=O)=O)ccc1NC1=CC(N)(C2CCCCC2)C2=CCN=C2N1. The molecular weight excluding hydrogens is 388 g/mol. The zero-order valence-corrected chi connectivity index (χ0v) is 17.7. The molecule has 0 aromatic heterocycles. The van der Waals surface area contributed by atoms with Gasteiger partial charge in [-0.2, -0.15) is 0 Å². The molecule has 1 atom stereocenters. The largest absolute Gasteiger partial charge is 0.495 e. The Labute approximate surface area is 172 Å². The van der Waals surface area contributed by atoms with Crippen molar-refractivity contribution in [3.05, 3.63) is 41.7 Å². The second-order valence-electron chi connectivity index (χ2n) is 8.02. The molecule has 0 bridgehead atoms. The maximum atomic E-state index is 11.8. The summed E-state index contributed by atoms with van der Waals surface area (Å²) in [5, 5.41) is 6.66. The second kappa shape index (κ2) is 7.50. The molecule has 1 aliphatic carbocycles. The fraction of sp³-hybridized carbons (Fsp3) is 0.476. The van der Waals surface area contributed by atoms with E-state index in [2.05, 4.69) is 27.8 Å². The Hall–Kier alpha value is -2.32. The molecule has 2 aliphatic heterocycles. The van der Waals surface area contributed by atoms with E-state index in [1.54, 1.807) is 12.1 Å². The van der Waals surface area contributed by atoms with E-state index < -0.39 is 15.4 Å². The van der Waals surface area contributed by atoms with Gasteiger partial charge in [-0.25, -0.2) is 8.42 Å². The van der Waals surface area contributed by atoms with Crippen LogP contribution in [0.15, 0.2) is 51.6 Å². The van der Waals surface area contributed by atoms with E-state index in [0.717, 1.165) is 30.1 Å². The molecule has 8 heteroatoms. The number of aliphatic imine (C=N–C) groups is 1. The third kappa shape index (κ3) is 3.79. The summed E-state index contributed by atoms with van der Waals surface area (Å²) >= 11 is 0. The minimum absolute atomic E-state index is 0.214. The molecule has 4 N–H and O–H groups in total. The summed E-state index contributed by atoms with van der Waals surface area (Å²) in [6.45, 7) is 0.636. The Kier molecular flexibility index (Phi) is 5.16. The summed E-state index contributed by atoms with van der Waals surface area (Å²) in [7, 11) is -1.79. The first kappa shape index (κ1) is 20.0. The smallest absolute Gasteiger partial charge is 0.175 e. The molecule has 0 amide bonds. The lowest BCUT2D eigenvalue weighted by molar-refractivity contribution is 0.278. The number of ether oxygens (including phenoxy) is 1. The Morgan fingerprint density at radius 2 is 2.03 bits per heavy atom. The number of nitrogens with two attached hydrogens (primary N) is 1. The summed E-state index contributed by atoms with van der Waals surface area (Å²) in [6, 6.07) is 4.80. The van der Waals surface area contributed by atoms with Gasteiger partial charge in [0.15, 0.2) is 9.84 Å². The lowest BCUT2D eigenvalue weighted by Gasteiger charge is -2.42. The number of benzene rings is 1. The van der Waals surface area contributed by atoms with Crippen molar-refractivity contribution < 1.29 is 13.2 Å². The standard InChI is InChI=1S/C21H28N4O3S/c1-28-18-12-15(29(2,26)27)8-9-17(18)24-19-13-21(22,14-6-4-3-5-7-14)16-10-11-23-20(16)25-19/h8-10,12-14,24H,3-7,11,22H2,1-2H3,(H,23,25). The van der Waals surface area contributed by atoms with Gasteiger partial charge < -0.3 is 21.1 Å². The van der Waals surface area contributed by atoms with Crippen molar-refractivity contribution in [2.45, 2.75) is 42.5 Å². The molecule has 3 aliphatic rings. The summed E-state index contributed by atoms with van der Waals surface area (Å²) in [4.78, 5) is 4.78. The predicted octanol–water partition coefficient (Wildman–Crippen LogP) is 2.57. The molecule has 156 valence electrons. The Balaban J connectivity index is 1.68. The van der Waals surface area contributed by atoms with Crippen molar-refractivity contribution in [2.24, 2.45) is 16.6 Å². The first-order chi connectivity index (χ1) is 13.8. The molecule has 29 heavy (non-hydrogen) atoms. The van der Waals surface area contributed by atoms with Gasteiger partial charge >= 0.3 is 0 Å². The highest BCUT2D eigenvalue weighted by Crippen LogP contribution is 2.40. The first-order valence-corrected chi connectivity index (χ1v) is 11.9. The zero-order valence-electron chi connectivity index (χ0n) is 16.9. The molecule has 2 heterocycles. The molecule has 1 aromatic carbocycles. The number of sulfone groups is 1. The number of methoxy groups -OCH3 is 1. The van der Waals surface area contributed by atoms with Crippen LogP contribution in [0.4, 0.5) is 5.69 Å². The molecule has 1 fully saturated rings. The van der Waals surface area contributed by atoms with Crippen molar-refractivity contribution in [3.8, 4) is 5.75 Å². The quantitative estimate of drug-likeness (QED) is 0.681. The van der Waals surface area contributed by atoms with Crippen molar-refractivity contribution in [1.29, 1.82) is 0 Å². The van der Waals surface area contributed by atoms with Crippen LogP contribution in [-0.4, -0.2) is 39.7 Å². The number of anilines is 1. The van der Waals surface area contributed by atoms with Gasteiger partial charge in [0.2, 0.25) is 0 Å². The number of fused-ring (bicyclic) bond motifs is 1. The molecule has 0 spiro atoms. The number of amidine groups is 1. The number of hydrogen-bond donors (Lipinski definition) is 3. The fourth-order valence-corrected chi connectivity index (χ4v) is 5.15. The van der Waals surface area contributed by atoms with Crippen LogP contribution in [-0.2, 0) is 9.84 Å². The third-order valence-corrected chi connectivity index (χ3v) is 7.16. The van der Waals surface area contributed by atoms with Crippen LogP contribution in [0.2, 0.25) is 0 Å². The molecular formula is C21H28N4O3S. The molecule has 1 saturated carbocycles. The van der Waals surface area contributed by atoms with E-state index >= 15 is 0 Å². The summed E-state index contributed by atoms with van der Waals surface area (Å²) in [5.41, 5.74) is 8.17. The van der Waals surface area contributed by atoms with E-state index in [0.29, 0.717) is 23.9 Å². The third-order valence-electron chi connectivity index (χ3n) is 6.05. The van der Waals surface area contributed by atoms with E-state index in [-0.39, 0.29) is 4.90 Å². The van der Waals surface area contributed by atoms with Gasteiger partial charge in [0.05, 0.1) is 29.8 Å². The number of nitrogens with zero attached hydrogens (tertiary/aromatic N) is 1. The van der Waals surface area contributed by atoms with Gasteiger partial charge in [0, 0.05) is 17.9 Å². The van der Waals surface area contributed by atoms with Crippen molar-refractivity contribution in [1.82, 2.24) is 5.32 Å². The van der Waals surface area contributed by atoms with E-state index in [1.807, 2.05) is 0 Å². The van der Waals surface area contributed by atoms with Crippen LogP contribution in [0.3, 0.4) is 0 Å². The highest BCUT2D eigenvalue weighted by Gasteiger charge is 2.43. The minimum atomic E-state index is -3.31. The summed E-state index contributed by atoms with van der Waals surface area (Å²) in [5.74, 6) is 2.38. The average molecular weight is 417 g/mol. The molecule has 1 aromatic rings. The second-order valence-corrected chi connectivity index (χ2v) is 10.0. The van der Waals surface area contributed by atoms with Crippen LogP contribution in [0, 0.1) is 5.92 Å². The first-order valence-electron chi connectivity index (χ1n) is 10.0. The van der Waals surface area contributed by atoms with Crippen LogP contribution in [0.5, 0.6) is 5.75 Å². The van der Waals surface area contributed by atoms with Crippen molar-refractivity contribution in [2.75, 3.05) is 25.2 Å². The minimum Gasteiger partial charge on any atom is -0.495 e. The highest BCUT2D eigenvalue weighted by atomic mass is 32.2. The fourth-order valence-electron chi connectivity index (χ4n) is 4.51. The van der Waals surface area contributed by atoms with Crippen LogP contribution in [0.25, 0.3) is 0 Å². The molecule has 0 radical (unpaired) electrons. The van der Waals surface area contributed by atoms with Crippen molar-refractivity contribution >= 4 is 21.4 Å². The maximum absolute atomic E-state index is 11.8. The van der Waals surface area contributed by atoms with Crippen molar-refractivity contribution in [3.63, 3.8) is 0 Å². The lowest BCUT2D eigenvalue weighted by atomic mass is 9.70. The summed E-state index contributed by atoms with van der Waals surface area (Å²) in [6.07, 6.45) is 11.2. The molecule has 1 unspecified atom stereocenters. The van der Waals surface area contributed by atoms with E-state index in [1.165, 1.54) is 38.7 Å². The normalized spacial score (nSPS) is 24.7. The van der Waals surface area contributed by atoms with Gasteiger partial charge in [-0.3, -0.25) is 4.99 Å². The van der Waals surface area contributed by atoms with Gasteiger partial charge in [0.1, 0.15) is 17.4 Å². The average Bonchev–Trinajstić information content (AvgIpc) is 3.18. The van der Waals surface area contributed by atoms with E-state index in [4.69, 9.17) is 10.5 Å². The molecule has 7 nitrogen and oxygen atoms in total. The topological polar surface area (TPSA) is 106 Å². The molecule has 0 saturated heterocycles. The Morgan fingerprint density at radius 1 is 1.28 bits per heavy atom. The van der Waals surface area contributed by atoms with Gasteiger partial charge in [-0.15, -0.1) is 0 Å². The van der Waals surface area contributed by atoms with Crippen LogP contribution in [0.1, 0.15) is 32.1 Å². The number of hydrogen-bond acceptors (Lipinski definition) is 7. The Morgan fingerprint density at radius 3 is 2.72 bits per heavy atom. The number of rotatable bonds is 5. The van der Waals surface area contributed by atoms with E-state index in [9.17, 15) is 8.42 Å². The van der Waals surface area contributed by atoms with Gasteiger partial charge in [-0.1, -0.05) is 25.3 Å². The van der Waals surface area contributed by atoms with Crippen LogP contribution >= 0.6 is 0 Å². The molecule has 4 rings (SSSR count). The van der Waals surface area contributed by atoms with Crippen LogP contribution < -0.4 is 21.1 Å². The Bertz CT molecular complexity index is 1010. The maximum Gasteiger partial charge on any atom is 0.175 e. The zero-order chi connectivity index (χ0) is 20.6. The summed E-state index contributed by atoms with van der Waals surface area (Å²) < 4.78 is 29.1. The highest BCUT2D eigenvalue weighted by molar-refractivity contribution is 7.90.